The minimum absolute atomic E-state index is 0.103. The van der Waals surface area contributed by atoms with E-state index in [1.165, 1.54) is 12.1 Å². The average Bonchev–Trinajstić information content (AvgIpc) is 2.29. The summed E-state index contributed by atoms with van der Waals surface area (Å²) in [6.45, 7) is 6.25. The van der Waals surface area contributed by atoms with Gasteiger partial charge >= 0.3 is 0 Å². The summed E-state index contributed by atoms with van der Waals surface area (Å²) in [5.41, 5.74) is -0.0743. The van der Waals surface area contributed by atoms with E-state index in [0.29, 0.717) is 5.92 Å². The average molecular weight is 237 g/mol. The molecule has 1 amide bonds. The third-order valence-corrected chi connectivity index (χ3v) is 2.74. The molecule has 0 aliphatic heterocycles. The molecule has 0 aromatic carbocycles. The van der Waals surface area contributed by atoms with Crippen molar-refractivity contribution in [2.45, 2.75) is 39.7 Å². The van der Waals surface area contributed by atoms with Crippen LogP contribution in [0.3, 0.4) is 0 Å². The predicted molar refractivity (Wildman–Crippen MR) is 65.9 cm³/mol. The van der Waals surface area contributed by atoms with Gasteiger partial charge < -0.3 is 5.32 Å². The van der Waals surface area contributed by atoms with Gasteiger partial charge in [-0.3, -0.25) is 9.59 Å². The van der Waals surface area contributed by atoms with Gasteiger partial charge in [-0.2, -0.15) is 5.10 Å². The zero-order chi connectivity index (χ0) is 12.8. The van der Waals surface area contributed by atoms with Crippen LogP contribution >= 0.6 is 0 Å². The molecule has 0 spiro atoms. The van der Waals surface area contributed by atoms with Crippen LogP contribution in [-0.2, 0) is 0 Å². The number of carbonyl (C=O) groups excluding carboxylic acids is 1. The number of amides is 1. The highest BCUT2D eigenvalue weighted by atomic mass is 16.2. The molecular weight excluding hydrogens is 218 g/mol. The Morgan fingerprint density at radius 3 is 2.71 bits per heavy atom. The van der Waals surface area contributed by atoms with E-state index in [1.807, 2.05) is 6.92 Å². The lowest BCUT2D eigenvalue weighted by molar-refractivity contribution is 0.0929. The van der Waals surface area contributed by atoms with E-state index in [0.717, 1.165) is 12.8 Å². The Hall–Kier alpha value is -1.65. The first-order chi connectivity index (χ1) is 8.02. The van der Waals surface area contributed by atoms with Crippen LogP contribution in [-0.4, -0.2) is 22.1 Å². The van der Waals surface area contributed by atoms with Crippen molar-refractivity contribution in [2.75, 3.05) is 0 Å². The second kappa shape index (κ2) is 6.18. The summed E-state index contributed by atoms with van der Waals surface area (Å²) in [4.78, 5) is 22.5. The van der Waals surface area contributed by atoms with Gasteiger partial charge in [0.05, 0.1) is 0 Å². The molecule has 0 fully saturated rings. The lowest BCUT2D eigenvalue weighted by Gasteiger charge is -2.17. The molecule has 0 aliphatic carbocycles. The third-order valence-electron chi connectivity index (χ3n) is 2.74. The molecule has 5 nitrogen and oxygen atoms in total. The first-order valence-electron chi connectivity index (χ1n) is 5.89. The number of H-pyrrole nitrogens is 1. The number of carbonyl (C=O) groups is 1. The normalized spacial score (nSPS) is 14.1. The van der Waals surface area contributed by atoms with E-state index >= 15 is 0 Å². The quantitative estimate of drug-likeness (QED) is 0.811. The molecule has 0 saturated heterocycles. The van der Waals surface area contributed by atoms with Gasteiger partial charge in [-0.15, -0.1) is 0 Å². The van der Waals surface area contributed by atoms with Crippen molar-refractivity contribution in [1.29, 1.82) is 0 Å². The number of nitrogens with zero attached hydrogens (tertiary/aromatic N) is 1. The molecule has 2 unspecified atom stereocenters. The molecule has 2 atom stereocenters. The van der Waals surface area contributed by atoms with Gasteiger partial charge in [0.15, 0.2) is 0 Å². The van der Waals surface area contributed by atoms with Crippen LogP contribution in [0.1, 0.15) is 44.1 Å². The van der Waals surface area contributed by atoms with Crippen molar-refractivity contribution in [3.05, 3.63) is 28.2 Å². The summed E-state index contributed by atoms with van der Waals surface area (Å²) in [5.74, 6) is 0.325. The molecule has 1 heterocycles. The van der Waals surface area contributed by atoms with Crippen molar-refractivity contribution >= 4 is 5.91 Å². The second-order valence-corrected chi connectivity index (χ2v) is 4.43. The van der Waals surface area contributed by atoms with Crippen LogP contribution in [0.4, 0.5) is 0 Å². The van der Waals surface area contributed by atoms with E-state index in [4.69, 9.17) is 0 Å². The lowest BCUT2D eigenvalue weighted by atomic mass is 10.0. The van der Waals surface area contributed by atoms with E-state index in [1.54, 1.807) is 0 Å². The SMILES string of the molecule is CCC(C)CC(C)NC(=O)c1ccc(=O)[nH]n1. The highest BCUT2D eigenvalue weighted by Crippen LogP contribution is 2.09. The Morgan fingerprint density at radius 2 is 2.18 bits per heavy atom. The monoisotopic (exact) mass is 237 g/mol. The van der Waals surface area contributed by atoms with E-state index in [-0.39, 0.29) is 23.2 Å². The molecule has 5 heteroatoms. The Kier molecular flexibility index (Phi) is 4.87. The summed E-state index contributed by atoms with van der Waals surface area (Å²) in [6, 6.07) is 2.82. The minimum atomic E-state index is -0.311. The molecule has 1 aromatic heterocycles. The molecule has 1 rings (SSSR count). The Morgan fingerprint density at radius 1 is 1.47 bits per heavy atom. The highest BCUT2D eigenvalue weighted by Gasteiger charge is 2.12. The van der Waals surface area contributed by atoms with E-state index < -0.39 is 0 Å². The molecule has 0 radical (unpaired) electrons. The minimum Gasteiger partial charge on any atom is -0.348 e. The van der Waals surface area contributed by atoms with Gasteiger partial charge in [0.2, 0.25) is 0 Å². The van der Waals surface area contributed by atoms with Crippen LogP contribution in [0.25, 0.3) is 0 Å². The maximum atomic E-state index is 11.7. The van der Waals surface area contributed by atoms with Gasteiger partial charge in [0.25, 0.3) is 11.5 Å². The van der Waals surface area contributed by atoms with Gasteiger partial charge in [-0.05, 0) is 25.3 Å². The zero-order valence-corrected chi connectivity index (χ0v) is 10.5. The molecule has 0 aliphatic rings. The van der Waals surface area contributed by atoms with Gasteiger partial charge in [-0.1, -0.05) is 20.3 Å². The number of aromatic amines is 1. The lowest BCUT2D eigenvalue weighted by Crippen LogP contribution is -2.34. The highest BCUT2D eigenvalue weighted by molar-refractivity contribution is 5.92. The summed E-state index contributed by atoms with van der Waals surface area (Å²) in [7, 11) is 0. The van der Waals surface area contributed by atoms with E-state index in [9.17, 15) is 9.59 Å². The number of hydrogen-bond acceptors (Lipinski definition) is 3. The second-order valence-electron chi connectivity index (χ2n) is 4.43. The van der Waals surface area contributed by atoms with Crippen LogP contribution in [0, 0.1) is 5.92 Å². The first kappa shape index (κ1) is 13.4. The van der Waals surface area contributed by atoms with Crippen molar-refractivity contribution in [3.8, 4) is 0 Å². The smallest absolute Gasteiger partial charge is 0.271 e. The summed E-state index contributed by atoms with van der Waals surface area (Å²) < 4.78 is 0. The molecule has 0 saturated carbocycles. The molecule has 2 N–H and O–H groups in total. The first-order valence-corrected chi connectivity index (χ1v) is 5.89. The van der Waals surface area contributed by atoms with Crippen molar-refractivity contribution in [1.82, 2.24) is 15.5 Å². The standard InChI is InChI=1S/C12H19N3O2/c1-4-8(2)7-9(3)13-12(17)10-5-6-11(16)15-14-10/h5-6,8-9H,4,7H2,1-3H3,(H,13,17)(H,15,16). The van der Waals surface area contributed by atoms with Gasteiger partial charge in [-0.25, -0.2) is 5.10 Å². The Balaban J connectivity index is 2.54. The molecule has 17 heavy (non-hydrogen) atoms. The fourth-order valence-electron chi connectivity index (χ4n) is 1.60. The summed E-state index contributed by atoms with van der Waals surface area (Å²) >= 11 is 0. The van der Waals surface area contributed by atoms with Crippen molar-refractivity contribution in [3.63, 3.8) is 0 Å². The number of rotatable bonds is 5. The van der Waals surface area contributed by atoms with Gasteiger partial charge in [0.1, 0.15) is 5.69 Å². The maximum Gasteiger partial charge on any atom is 0.271 e. The van der Waals surface area contributed by atoms with Crippen LogP contribution in [0.15, 0.2) is 16.9 Å². The summed E-state index contributed by atoms with van der Waals surface area (Å²) in [6.07, 6.45) is 2.03. The third kappa shape index (κ3) is 4.38. The Bertz CT molecular complexity index is 408. The largest absolute Gasteiger partial charge is 0.348 e. The van der Waals surface area contributed by atoms with Gasteiger partial charge in [0, 0.05) is 12.1 Å². The predicted octanol–water partition coefficient (Wildman–Crippen LogP) is 1.32. The molecule has 1 aromatic rings. The fourth-order valence-corrected chi connectivity index (χ4v) is 1.60. The van der Waals surface area contributed by atoms with Crippen molar-refractivity contribution in [2.24, 2.45) is 5.92 Å². The molecule has 94 valence electrons. The number of nitrogens with one attached hydrogen (secondary N) is 2. The summed E-state index contributed by atoms with van der Waals surface area (Å²) in [5, 5.41) is 8.78. The number of aromatic nitrogens is 2. The Labute approximate surface area is 101 Å². The number of hydrogen-bond donors (Lipinski definition) is 2. The zero-order valence-electron chi connectivity index (χ0n) is 10.5. The fraction of sp³-hybridized carbons (Fsp3) is 0.583. The maximum absolute atomic E-state index is 11.7. The van der Waals surface area contributed by atoms with Crippen LogP contribution in [0.5, 0.6) is 0 Å². The molecular formula is C12H19N3O2. The van der Waals surface area contributed by atoms with E-state index in [2.05, 4.69) is 29.4 Å². The van der Waals surface area contributed by atoms with Crippen LogP contribution in [0.2, 0.25) is 0 Å². The van der Waals surface area contributed by atoms with Crippen LogP contribution < -0.4 is 10.9 Å². The van der Waals surface area contributed by atoms with Crippen molar-refractivity contribution < 1.29 is 4.79 Å². The topological polar surface area (TPSA) is 74.8 Å². The molecule has 0 bridgehead atoms.